The van der Waals surface area contributed by atoms with Gasteiger partial charge >= 0.3 is 0 Å². The summed E-state index contributed by atoms with van der Waals surface area (Å²) in [5.41, 5.74) is 11.9. The van der Waals surface area contributed by atoms with Crippen LogP contribution in [0.1, 0.15) is 71.1 Å². The summed E-state index contributed by atoms with van der Waals surface area (Å²) < 4.78 is 0. The minimum atomic E-state index is 0.312. The topological polar surface area (TPSA) is 83.2 Å². The van der Waals surface area contributed by atoms with Crippen molar-refractivity contribution in [2.75, 3.05) is 39.8 Å². The number of unbranched alkanes of at least 4 members (excludes halogenated alkanes) is 9. The van der Waals surface area contributed by atoms with E-state index in [1.165, 1.54) is 57.8 Å². The maximum absolute atomic E-state index is 6.02. The molecule has 1 saturated heterocycles. The van der Waals surface area contributed by atoms with Gasteiger partial charge in [0.15, 0.2) is 5.96 Å². The lowest BCUT2D eigenvalue weighted by atomic mass is 10.1. The fourth-order valence-corrected chi connectivity index (χ4v) is 3.05. The average molecular weight is 353 g/mol. The van der Waals surface area contributed by atoms with Gasteiger partial charge in [-0.2, -0.15) is 4.99 Å². The molecule has 25 heavy (non-hydrogen) atoms. The van der Waals surface area contributed by atoms with Gasteiger partial charge in [-0.15, -0.1) is 0 Å². The lowest BCUT2D eigenvalue weighted by molar-refractivity contribution is 0.214. The molecule has 6 heteroatoms. The number of rotatable bonds is 11. The Bertz CT molecular complexity index is 385. The maximum Gasteiger partial charge on any atom is 0.218 e. The summed E-state index contributed by atoms with van der Waals surface area (Å²) in [6.45, 7) is 6.83. The number of aliphatic imine (C=N–C) groups is 2. The molecule has 0 bridgehead atoms. The van der Waals surface area contributed by atoms with E-state index in [1.54, 1.807) is 0 Å². The van der Waals surface area contributed by atoms with Crippen molar-refractivity contribution in [2.24, 2.45) is 21.5 Å². The predicted molar refractivity (Wildman–Crippen MR) is 109 cm³/mol. The first-order chi connectivity index (χ1) is 12.1. The lowest BCUT2D eigenvalue weighted by Crippen LogP contribution is -2.50. The Labute approximate surface area is 154 Å². The van der Waals surface area contributed by atoms with Crippen LogP contribution in [0.2, 0.25) is 0 Å². The van der Waals surface area contributed by atoms with Crippen molar-refractivity contribution >= 4 is 11.9 Å². The Morgan fingerprint density at radius 3 is 1.88 bits per heavy atom. The van der Waals surface area contributed by atoms with Gasteiger partial charge in [-0.25, -0.2) is 0 Å². The van der Waals surface area contributed by atoms with Gasteiger partial charge in [0, 0.05) is 32.7 Å². The molecule has 0 unspecified atom stereocenters. The van der Waals surface area contributed by atoms with Crippen LogP contribution in [0.15, 0.2) is 9.98 Å². The highest BCUT2D eigenvalue weighted by atomic mass is 15.3. The van der Waals surface area contributed by atoms with Gasteiger partial charge in [-0.1, -0.05) is 64.7 Å². The molecule has 1 aliphatic heterocycles. The molecule has 0 spiro atoms. The third-order valence-electron chi connectivity index (χ3n) is 4.84. The quantitative estimate of drug-likeness (QED) is 0.340. The van der Waals surface area contributed by atoms with Gasteiger partial charge in [-0.05, 0) is 13.5 Å². The third kappa shape index (κ3) is 11.0. The summed E-state index contributed by atoms with van der Waals surface area (Å²) >= 11 is 0. The van der Waals surface area contributed by atoms with Crippen molar-refractivity contribution in [3.05, 3.63) is 0 Å². The van der Waals surface area contributed by atoms with E-state index >= 15 is 0 Å². The monoisotopic (exact) mass is 352 g/mol. The molecule has 0 aromatic carbocycles. The van der Waals surface area contributed by atoms with E-state index in [-0.39, 0.29) is 0 Å². The van der Waals surface area contributed by atoms with E-state index in [2.05, 4.69) is 33.8 Å². The molecule has 1 fully saturated rings. The standard InChI is InChI=1S/C19H40N6/c1-3-4-5-6-7-8-9-10-11-12-13-22-18(20)23-19(21)25-16-14-24(2)15-17-25/h3-17H2,1-2H3,(H4,20,21,22,23). The first kappa shape index (κ1) is 21.7. The van der Waals surface area contributed by atoms with Crippen LogP contribution in [0, 0.1) is 0 Å². The Hall–Kier alpha value is -1.30. The molecular weight excluding hydrogens is 312 g/mol. The molecule has 4 N–H and O–H groups in total. The van der Waals surface area contributed by atoms with E-state index < -0.39 is 0 Å². The number of hydrogen-bond donors (Lipinski definition) is 2. The summed E-state index contributed by atoms with van der Waals surface area (Å²) in [7, 11) is 2.12. The highest BCUT2D eigenvalue weighted by molar-refractivity contribution is 5.93. The highest BCUT2D eigenvalue weighted by Crippen LogP contribution is 2.10. The molecule has 0 atom stereocenters. The maximum atomic E-state index is 6.02. The highest BCUT2D eigenvalue weighted by Gasteiger charge is 2.15. The number of hydrogen-bond acceptors (Lipinski definition) is 2. The molecule has 0 amide bonds. The molecule has 0 radical (unpaired) electrons. The van der Waals surface area contributed by atoms with Crippen molar-refractivity contribution in [1.29, 1.82) is 0 Å². The van der Waals surface area contributed by atoms with Gasteiger partial charge in [-0.3, -0.25) is 4.99 Å². The molecular formula is C19H40N6. The molecule has 0 aromatic heterocycles. The van der Waals surface area contributed by atoms with Crippen LogP contribution in [0.25, 0.3) is 0 Å². The Morgan fingerprint density at radius 1 is 0.800 bits per heavy atom. The fraction of sp³-hybridized carbons (Fsp3) is 0.895. The largest absolute Gasteiger partial charge is 0.369 e. The SMILES string of the molecule is CCCCCCCCCCCCN=C(N)N=C(N)N1CCN(C)CC1. The molecule has 1 heterocycles. The van der Waals surface area contributed by atoms with Crippen LogP contribution in [-0.4, -0.2) is 61.5 Å². The van der Waals surface area contributed by atoms with Crippen molar-refractivity contribution < 1.29 is 0 Å². The fourth-order valence-electron chi connectivity index (χ4n) is 3.05. The summed E-state index contributed by atoms with van der Waals surface area (Å²) in [6, 6.07) is 0. The number of nitrogens with two attached hydrogens (primary N) is 2. The van der Waals surface area contributed by atoms with Crippen molar-refractivity contribution in [3.63, 3.8) is 0 Å². The van der Waals surface area contributed by atoms with Crippen LogP contribution >= 0.6 is 0 Å². The van der Waals surface area contributed by atoms with Crippen LogP contribution in [-0.2, 0) is 0 Å². The average Bonchev–Trinajstić information content (AvgIpc) is 2.60. The van der Waals surface area contributed by atoms with E-state index in [4.69, 9.17) is 11.5 Å². The predicted octanol–water partition coefficient (Wildman–Crippen LogP) is 2.78. The minimum absolute atomic E-state index is 0.312. The second-order valence-corrected chi connectivity index (χ2v) is 7.18. The normalized spacial score (nSPS) is 17.3. The van der Waals surface area contributed by atoms with Crippen molar-refractivity contribution in [2.45, 2.75) is 71.1 Å². The second kappa shape index (κ2) is 13.9. The van der Waals surface area contributed by atoms with Crippen molar-refractivity contribution in [3.8, 4) is 0 Å². The van der Waals surface area contributed by atoms with E-state index in [0.29, 0.717) is 11.9 Å². The Kier molecular flexibility index (Phi) is 12.1. The van der Waals surface area contributed by atoms with Crippen LogP contribution < -0.4 is 11.5 Å². The smallest absolute Gasteiger partial charge is 0.218 e. The minimum Gasteiger partial charge on any atom is -0.369 e. The summed E-state index contributed by atoms with van der Waals surface area (Å²) in [4.78, 5) is 12.9. The van der Waals surface area contributed by atoms with E-state index in [9.17, 15) is 0 Å². The Morgan fingerprint density at radius 2 is 1.32 bits per heavy atom. The van der Waals surface area contributed by atoms with Crippen LogP contribution in [0.4, 0.5) is 0 Å². The van der Waals surface area contributed by atoms with Gasteiger partial charge < -0.3 is 21.3 Å². The lowest BCUT2D eigenvalue weighted by Gasteiger charge is -2.32. The van der Waals surface area contributed by atoms with E-state index in [1.807, 2.05) is 0 Å². The number of piperazine rings is 1. The first-order valence-electron chi connectivity index (χ1n) is 10.2. The zero-order valence-corrected chi connectivity index (χ0v) is 16.6. The molecule has 146 valence electrons. The first-order valence-corrected chi connectivity index (χ1v) is 10.2. The molecule has 0 saturated carbocycles. The zero-order chi connectivity index (χ0) is 18.3. The molecule has 6 nitrogen and oxygen atoms in total. The summed E-state index contributed by atoms with van der Waals surface area (Å²) in [5, 5.41) is 0. The van der Waals surface area contributed by atoms with Gasteiger partial charge in [0.2, 0.25) is 5.96 Å². The molecule has 0 aromatic rings. The molecule has 1 aliphatic rings. The molecule has 0 aliphatic carbocycles. The zero-order valence-electron chi connectivity index (χ0n) is 16.6. The van der Waals surface area contributed by atoms with Gasteiger partial charge in [0.1, 0.15) is 0 Å². The second-order valence-electron chi connectivity index (χ2n) is 7.18. The van der Waals surface area contributed by atoms with Crippen molar-refractivity contribution in [1.82, 2.24) is 9.80 Å². The van der Waals surface area contributed by atoms with E-state index in [0.717, 1.165) is 39.1 Å². The van der Waals surface area contributed by atoms with Crippen LogP contribution in [0.3, 0.4) is 0 Å². The number of nitrogens with zero attached hydrogens (tertiary/aromatic N) is 4. The van der Waals surface area contributed by atoms with Gasteiger partial charge in [0.05, 0.1) is 0 Å². The number of guanidine groups is 2. The number of likely N-dealkylation sites (N-methyl/N-ethyl adjacent to an activating group) is 1. The third-order valence-corrected chi connectivity index (χ3v) is 4.84. The van der Waals surface area contributed by atoms with Crippen LogP contribution in [0.5, 0.6) is 0 Å². The molecule has 1 rings (SSSR count). The Balaban J connectivity index is 2.04. The summed E-state index contributed by atoms with van der Waals surface area (Å²) in [6.07, 6.45) is 13.3. The summed E-state index contributed by atoms with van der Waals surface area (Å²) in [5.74, 6) is 0.810. The van der Waals surface area contributed by atoms with Gasteiger partial charge in [0.25, 0.3) is 0 Å².